The van der Waals surface area contributed by atoms with E-state index in [0.29, 0.717) is 39.6 Å². The minimum absolute atomic E-state index is 0.107. The zero-order chi connectivity index (χ0) is 58.1. The maximum Gasteiger partial charge on any atom is 0.425 e. The quantitative estimate of drug-likeness (QED) is 0.0377. The third kappa shape index (κ3) is 12.3. The molecule has 3 N–H and O–H groups in total. The number of aromatic nitrogens is 4. The highest BCUT2D eigenvalue weighted by atomic mass is 31.2. The van der Waals surface area contributed by atoms with Crippen molar-refractivity contribution < 1.29 is 52.6 Å². The molecule has 0 aliphatic carbocycles. The molecular weight excluding hydrogens is 1050 g/mol. The van der Waals surface area contributed by atoms with E-state index in [0.717, 1.165) is 0 Å². The second-order valence-corrected chi connectivity index (χ2v) is 22.9. The van der Waals surface area contributed by atoms with Gasteiger partial charge in [0.1, 0.15) is 29.4 Å². The van der Waals surface area contributed by atoms with Gasteiger partial charge in [0.25, 0.3) is 5.88 Å². The lowest BCUT2D eigenvalue weighted by molar-refractivity contribution is -0.157. The van der Waals surface area contributed by atoms with Gasteiger partial charge < -0.3 is 28.8 Å². The largest absolute Gasteiger partial charge is 0.497 e. The van der Waals surface area contributed by atoms with Crippen LogP contribution >= 0.6 is 7.87 Å². The molecule has 20 heteroatoms. The minimum Gasteiger partial charge on any atom is -0.497 e. The fourth-order valence-corrected chi connectivity index (χ4v) is 13.3. The number of imidazole rings is 1. The molecule has 424 valence electrons. The maximum atomic E-state index is 15.3. The zero-order valence-electron chi connectivity index (χ0n) is 47.0. The Morgan fingerprint density at radius 1 is 0.802 bits per heavy atom. The van der Waals surface area contributed by atoms with Crippen LogP contribution in [0.3, 0.4) is 0 Å². The van der Waals surface area contributed by atoms with Gasteiger partial charge in [-0.25, -0.2) is 19.6 Å². The third-order valence-corrected chi connectivity index (χ3v) is 17.0. The number of ether oxygens (including phenoxy) is 5. The summed E-state index contributed by atoms with van der Waals surface area (Å²) in [7, 11) is -0.834. The van der Waals surface area contributed by atoms with E-state index < -0.39 is 67.8 Å². The van der Waals surface area contributed by atoms with E-state index in [1.165, 1.54) is 15.8 Å². The Morgan fingerprint density at radius 3 is 1.83 bits per heavy atom. The van der Waals surface area contributed by atoms with E-state index in [1.54, 1.807) is 88.2 Å². The average molecular weight is 1120 g/mol. The van der Waals surface area contributed by atoms with Crippen LogP contribution in [0.1, 0.15) is 90.6 Å². The van der Waals surface area contributed by atoms with Gasteiger partial charge in [-0.05, 0) is 99.3 Å². The van der Waals surface area contributed by atoms with Crippen LogP contribution in [-0.4, -0.2) is 109 Å². The van der Waals surface area contributed by atoms with Crippen LogP contribution in [0.2, 0.25) is 0 Å². The standard InChI is InChI=1S/C61H69N8O11P/c1-10-21-51(70)60(73)53(80-81(74,37-20-36-62)69(41(4)5)42(6)7)50(38-77-61(43-22-14-11-15-23-43,44-28-32-48(75-8)33-29-44)45-30-34-49(76-9)35-31-45)78-57(60)67-39-63-52-54(67)64-58(65-55(71)40(2)3)66-56(52)79-59(72)68(46-24-16-12-17-25-46)47-26-18-13-19-27-47/h11-19,22-35,39-42,50,53,57,73-74H,10,20-21,37-38H2,1-9H3/p+1/t50-,53-,57-,60-,81?/m1/s1. The molecule has 0 bridgehead atoms. The molecular formula is C61H70N8O11P+. The number of rotatable bonds is 24. The second-order valence-electron chi connectivity index (χ2n) is 20.4. The van der Waals surface area contributed by atoms with Crippen LogP contribution < -0.4 is 24.4 Å². The number of hydrogen-bond donors (Lipinski definition) is 3. The number of methoxy groups -OCH3 is 2. The molecule has 7 aromatic rings. The van der Waals surface area contributed by atoms with Crippen molar-refractivity contribution >= 4 is 54.1 Å². The number of anilines is 3. The number of ketones is 1. The monoisotopic (exact) mass is 1120 g/mol. The molecule has 5 atom stereocenters. The fourth-order valence-electron chi connectivity index (χ4n) is 10.3. The zero-order valence-corrected chi connectivity index (χ0v) is 47.9. The first-order valence-electron chi connectivity index (χ1n) is 27.0. The molecule has 2 aromatic heterocycles. The predicted octanol–water partition coefficient (Wildman–Crippen LogP) is 11.0. The lowest BCUT2D eigenvalue weighted by Crippen LogP contribution is -2.55. The Morgan fingerprint density at radius 2 is 1.33 bits per heavy atom. The Balaban J connectivity index is 1.34. The van der Waals surface area contributed by atoms with E-state index in [-0.39, 0.29) is 60.5 Å². The molecule has 81 heavy (non-hydrogen) atoms. The van der Waals surface area contributed by atoms with Gasteiger partial charge in [-0.1, -0.05) is 112 Å². The van der Waals surface area contributed by atoms with E-state index in [1.807, 2.05) is 119 Å². The smallest absolute Gasteiger partial charge is 0.425 e. The van der Waals surface area contributed by atoms with E-state index >= 15 is 4.79 Å². The van der Waals surface area contributed by atoms with Gasteiger partial charge in [-0.2, -0.15) is 19.8 Å². The lowest BCUT2D eigenvalue weighted by Gasteiger charge is -2.40. The van der Waals surface area contributed by atoms with Crippen molar-refractivity contribution in [1.82, 2.24) is 24.2 Å². The highest BCUT2D eigenvalue weighted by Gasteiger charge is 2.67. The Labute approximate surface area is 472 Å². The number of aliphatic hydroxyl groups is 1. The number of nitrogens with one attached hydrogen (secondary N) is 1. The molecule has 1 aliphatic rings. The minimum atomic E-state index is -3.98. The molecule has 8 rings (SSSR count). The van der Waals surface area contributed by atoms with Gasteiger partial charge in [0.15, 0.2) is 29.3 Å². The Hall–Kier alpha value is -7.66. The van der Waals surface area contributed by atoms with Crippen molar-refractivity contribution in [3.8, 4) is 23.4 Å². The van der Waals surface area contributed by atoms with E-state index in [2.05, 4.69) is 21.4 Å². The van der Waals surface area contributed by atoms with E-state index in [9.17, 15) is 24.9 Å². The summed E-state index contributed by atoms with van der Waals surface area (Å²) in [5.74, 6) is -1.21. The van der Waals surface area contributed by atoms with Gasteiger partial charge >= 0.3 is 14.0 Å². The van der Waals surface area contributed by atoms with Crippen LogP contribution in [0, 0.1) is 17.2 Å². The third-order valence-electron chi connectivity index (χ3n) is 14.0. The molecule has 1 aliphatic heterocycles. The van der Waals surface area contributed by atoms with Gasteiger partial charge in [-0.3, -0.25) is 19.5 Å². The van der Waals surface area contributed by atoms with Crippen LogP contribution in [0.25, 0.3) is 11.2 Å². The Kier molecular flexibility index (Phi) is 19.0. The molecule has 1 fully saturated rings. The number of nitriles is 1. The Bertz CT molecular complexity index is 3200. The number of fused-ring (bicyclic) bond motifs is 1. The summed E-state index contributed by atoms with van der Waals surface area (Å²) in [6.45, 7) is 12.3. The summed E-state index contributed by atoms with van der Waals surface area (Å²) in [6.07, 6.45) is -4.71. The van der Waals surface area contributed by atoms with Crippen LogP contribution in [0.4, 0.5) is 22.1 Å². The summed E-state index contributed by atoms with van der Waals surface area (Å²) in [6, 6.07) is 43.4. The summed E-state index contributed by atoms with van der Waals surface area (Å²) in [4.78, 5) is 71.9. The molecule has 5 aromatic carbocycles. The van der Waals surface area contributed by atoms with Crippen LogP contribution in [0.5, 0.6) is 17.4 Å². The number of carbonyl (C=O) groups excluding carboxylic acids is 3. The molecule has 3 heterocycles. The van der Waals surface area contributed by atoms with Crippen molar-refractivity contribution in [2.24, 2.45) is 5.92 Å². The average Bonchev–Trinajstić information content (AvgIpc) is 4.05. The topological polar surface area (TPSA) is 233 Å². The molecule has 2 amide bonds. The molecule has 19 nitrogen and oxygen atoms in total. The van der Waals surface area contributed by atoms with Crippen molar-refractivity contribution in [1.29, 1.82) is 5.26 Å². The first kappa shape index (κ1) is 59.5. The summed E-state index contributed by atoms with van der Waals surface area (Å²) in [5.41, 5.74) is -1.39. The normalized spacial score (nSPS) is 18.0. The SMILES string of the molecule is CCCC(=O)[C@@]1(O)[C@H](O[P+](O)(CCC#N)N(C(C)C)C(C)C)[C@@H](COC(c2ccccc2)(c2ccc(OC)cc2)c2ccc(OC)cc2)O[C@H]1n1cnc2c(OC(=O)N(c3ccccc3)c3ccccc3)nc(NC(=O)C(C)C)nc21. The van der Waals surface area contributed by atoms with Crippen molar-refractivity contribution in [3.05, 3.63) is 163 Å². The number of carbonyl (C=O) groups is 3. The molecule has 1 unspecified atom stereocenters. The highest BCUT2D eigenvalue weighted by Crippen LogP contribution is 2.65. The maximum absolute atomic E-state index is 15.3. The second kappa shape index (κ2) is 25.9. The fraction of sp³-hybridized carbons (Fsp3) is 0.361. The van der Waals surface area contributed by atoms with Crippen molar-refractivity contribution in [2.75, 3.05) is 37.2 Å². The number of hydrogen-bond acceptors (Lipinski definition) is 16. The van der Waals surface area contributed by atoms with Crippen LogP contribution in [0.15, 0.2) is 146 Å². The number of Topliss-reactive ketones (excluding diaryl/α,β-unsaturated/α-hetero) is 1. The number of para-hydroxylation sites is 2. The van der Waals surface area contributed by atoms with Crippen LogP contribution in [-0.2, 0) is 29.2 Å². The molecule has 0 radical (unpaired) electrons. The van der Waals surface area contributed by atoms with Gasteiger partial charge in [0.05, 0.1) is 51.0 Å². The highest BCUT2D eigenvalue weighted by molar-refractivity contribution is 7.63. The molecule has 0 spiro atoms. The lowest BCUT2D eigenvalue weighted by atomic mass is 9.79. The van der Waals surface area contributed by atoms with Gasteiger partial charge in [0, 0.05) is 24.4 Å². The van der Waals surface area contributed by atoms with Gasteiger partial charge in [0.2, 0.25) is 17.5 Å². The van der Waals surface area contributed by atoms with Crippen molar-refractivity contribution in [3.63, 3.8) is 0 Å². The summed E-state index contributed by atoms with van der Waals surface area (Å²) in [5, 5.41) is 26.6. The first-order valence-corrected chi connectivity index (χ1v) is 28.8. The number of benzene rings is 5. The van der Waals surface area contributed by atoms with E-state index in [4.69, 9.17) is 33.2 Å². The summed E-state index contributed by atoms with van der Waals surface area (Å²) >= 11 is 0. The molecule has 0 saturated carbocycles. The number of amides is 2. The number of nitrogens with zero attached hydrogens (tertiary/aromatic N) is 7. The first-order chi connectivity index (χ1) is 38.9. The summed E-state index contributed by atoms with van der Waals surface area (Å²) < 4.78 is 42.0. The van der Waals surface area contributed by atoms with Crippen molar-refractivity contribution in [2.45, 2.75) is 109 Å². The van der Waals surface area contributed by atoms with Gasteiger partial charge in [-0.15, -0.1) is 4.67 Å². The molecule has 1 saturated heterocycles. The predicted molar refractivity (Wildman–Crippen MR) is 308 cm³/mol.